The molecule has 1 fully saturated rings. The van der Waals surface area contributed by atoms with Gasteiger partial charge in [0.1, 0.15) is 36.8 Å². The first-order valence-electron chi connectivity index (χ1n) is 23.9. The van der Waals surface area contributed by atoms with Crippen LogP contribution in [0.1, 0.15) is 162 Å². The quantitative estimate of drug-likeness (QED) is 0.0269. The van der Waals surface area contributed by atoms with Crippen LogP contribution in [0.3, 0.4) is 0 Å². The van der Waals surface area contributed by atoms with E-state index in [1.165, 1.54) is 31.8 Å². The molecule has 12 atom stereocenters. The molecule has 0 aromatic heterocycles. The first-order valence-corrected chi connectivity index (χ1v) is 25.4. The fourth-order valence-corrected chi connectivity index (χ4v) is 8.79. The number of phosphoric acid groups is 1. The largest absolute Gasteiger partial charge is 0.472 e. The lowest BCUT2D eigenvalue weighted by atomic mass is 9.83. The van der Waals surface area contributed by atoms with Crippen LogP contribution < -0.4 is 0 Å². The van der Waals surface area contributed by atoms with Gasteiger partial charge in [-0.05, 0) is 57.8 Å². The van der Waals surface area contributed by atoms with Gasteiger partial charge in [-0.25, -0.2) is 4.57 Å². The maximum absolute atomic E-state index is 13.7. The van der Waals surface area contributed by atoms with Crippen LogP contribution in [0.15, 0.2) is 36.5 Å². The second-order valence-electron chi connectivity index (χ2n) is 17.4. The number of rotatable bonds is 22. The number of carbonyl (C=O) groups excluding carboxylic acids is 3. The smallest absolute Gasteiger partial charge is 0.462 e. The van der Waals surface area contributed by atoms with E-state index in [0.717, 1.165) is 70.3 Å². The van der Waals surface area contributed by atoms with Crippen molar-refractivity contribution in [3.63, 3.8) is 0 Å². The fraction of sp³-hybridized carbons (Fsp3) is 0.809. The maximum Gasteiger partial charge on any atom is 0.472 e. The third-order valence-corrected chi connectivity index (χ3v) is 12.8. The molecular formula is C47H81O16P. The Hall–Kier alpha value is -2.34. The Labute approximate surface area is 380 Å². The van der Waals surface area contributed by atoms with Gasteiger partial charge in [-0.3, -0.25) is 23.4 Å². The molecule has 8 N–H and O–H groups in total. The van der Waals surface area contributed by atoms with E-state index in [0.29, 0.717) is 32.1 Å². The molecule has 17 heteroatoms. The van der Waals surface area contributed by atoms with Gasteiger partial charge in [0.2, 0.25) is 0 Å². The Morgan fingerprint density at radius 3 is 2.08 bits per heavy atom. The van der Waals surface area contributed by atoms with Gasteiger partial charge in [0.15, 0.2) is 6.10 Å². The zero-order valence-electron chi connectivity index (χ0n) is 38.3. The number of aliphatic hydroxyl groups is 7. The first-order chi connectivity index (χ1) is 30.6. The number of ether oxygens (including phenoxy) is 2. The summed E-state index contributed by atoms with van der Waals surface area (Å²) in [6.07, 6.45) is 8.60. The van der Waals surface area contributed by atoms with E-state index in [-0.39, 0.29) is 19.3 Å². The van der Waals surface area contributed by atoms with E-state index in [1.54, 1.807) is 12.2 Å². The molecule has 2 bridgehead atoms. The summed E-state index contributed by atoms with van der Waals surface area (Å²) in [6, 6.07) is 0. The molecule has 0 aromatic rings. The normalized spacial score (nSPS) is 31.8. The molecule has 1 aliphatic carbocycles. The number of unbranched alkanes of at least 4 members (excludes halogenated alkanes) is 13. The Morgan fingerprint density at radius 2 is 1.41 bits per heavy atom. The standard InChI is InChI=1S/C47H81O16P/c1-3-5-7-8-9-10-11-12-13-14-15-16-17-18-24-28-41(52)62-35-32-60-40(51)27-23-20-19-22-26-36-38(49)31-39(50)37(30-29-34(48)25-21-6-4-2)43(54)45(56)47(46(57)44(55)42(36)53)63-64(58,59)61-33-35/h10-11,19,22,29-30,34-38,42-49,53-57H,3-9,12-18,20-21,23-28,31-33H2,1-2H3,(H,58,59)/b11-10-,22-19-,30-29+/t34-,35+,36-,37-,38-,42+,43+,44-,45+,46+,47+/m0/s1. The number of hydrogen-bond acceptors (Lipinski definition) is 15. The minimum Gasteiger partial charge on any atom is -0.462 e. The third kappa shape index (κ3) is 23.4. The van der Waals surface area contributed by atoms with E-state index >= 15 is 0 Å². The van der Waals surface area contributed by atoms with E-state index in [4.69, 9.17) is 18.5 Å². The highest BCUT2D eigenvalue weighted by Gasteiger charge is 2.49. The Bertz CT molecular complexity index is 1440. The van der Waals surface area contributed by atoms with Crippen LogP contribution in [0.4, 0.5) is 0 Å². The minimum atomic E-state index is -5.46. The van der Waals surface area contributed by atoms with Gasteiger partial charge in [-0.1, -0.05) is 121 Å². The summed E-state index contributed by atoms with van der Waals surface area (Å²) in [4.78, 5) is 50.1. The van der Waals surface area contributed by atoms with Crippen LogP contribution in [0.25, 0.3) is 0 Å². The lowest BCUT2D eigenvalue weighted by Crippen LogP contribution is -2.55. The lowest BCUT2D eigenvalue weighted by molar-refractivity contribution is -0.166. The Kier molecular flexibility index (Phi) is 30.0. The predicted molar refractivity (Wildman–Crippen MR) is 240 cm³/mol. The highest BCUT2D eigenvalue weighted by atomic mass is 31.2. The van der Waals surface area contributed by atoms with Gasteiger partial charge in [-0.2, -0.15) is 0 Å². The highest BCUT2D eigenvalue weighted by Crippen LogP contribution is 2.47. The number of aliphatic hydroxyl groups excluding tert-OH is 7. The topological polar surface area (TPSA) is 267 Å². The van der Waals surface area contributed by atoms with Gasteiger partial charge in [0.05, 0.1) is 36.9 Å². The number of ketones is 1. The first kappa shape index (κ1) is 57.8. The summed E-state index contributed by atoms with van der Waals surface area (Å²) in [6.45, 7) is 2.77. The van der Waals surface area contributed by atoms with Crippen molar-refractivity contribution in [3.05, 3.63) is 36.5 Å². The van der Waals surface area contributed by atoms with Crippen LogP contribution in [0.5, 0.6) is 0 Å². The van der Waals surface area contributed by atoms with Crippen molar-refractivity contribution < 1.29 is 78.1 Å². The number of cyclic esters (lactones) is 1. The molecule has 1 saturated carbocycles. The second kappa shape index (κ2) is 33.2. The number of phosphoric ester groups is 1. The zero-order chi connectivity index (χ0) is 47.3. The molecule has 16 nitrogen and oxygen atoms in total. The molecule has 1 aliphatic heterocycles. The van der Waals surface area contributed by atoms with Crippen molar-refractivity contribution in [2.45, 2.75) is 216 Å². The molecule has 0 amide bonds. The predicted octanol–water partition coefficient (Wildman–Crippen LogP) is 5.98. The van der Waals surface area contributed by atoms with E-state index in [2.05, 4.69) is 19.1 Å². The van der Waals surface area contributed by atoms with Gasteiger partial charge >= 0.3 is 19.8 Å². The minimum absolute atomic E-state index is 0.0193. The number of esters is 2. The molecule has 0 spiro atoms. The Morgan fingerprint density at radius 1 is 0.797 bits per heavy atom. The molecule has 0 radical (unpaired) electrons. The van der Waals surface area contributed by atoms with Crippen LogP contribution in [0, 0.1) is 11.8 Å². The number of hydrogen-bond donors (Lipinski definition) is 8. The summed E-state index contributed by atoms with van der Waals surface area (Å²) < 4.78 is 34.6. The van der Waals surface area contributed by atoms with Crippen LogP contribution in [-0.4, -0.2) is 127 Å². The van der Waals surface area contributed by atoms with Crippen molar-refractivity contribution in [1.82, 2.24) is 0 Å². The van der Waals surface area contributed by atoms with E-state index in [1.807, 2.05) is 6.92 Å². The number of allylic oxidation sites excluding steroid dienone is 4. The van der Waals surface area contributed by atoms with Gasteiger partial charge in [-0.15, -0.1) is 0 Å². The molecule has 370 valence electrons. The van der Waals surface area contributed by atoms with Gasteiger partial charge < -0.3 is 50.1 Å². The summed E-state index contributed by atoms with van der Waals surface area (Å²) in [5.41, 5.74) is 0. The van der Waals surface area contributed by atoms with E-state index < -0.39 is 112 Å². The monoisotopic (exact) mass is 933 g/mol. The molecule has 1 unspecified atom stereocenters. The van der Waals surface area contributed by atoms with Crippen molar-refractivity contribution in [3.8, 4) is 0 Å². The Balaban J connectivity index is 2.20. The van der Waals surface area contributed by atoms with Crippen LogP contribution in [0.2, 0.25) is 0 Å². The van der Waals surface area contributed by atoms with Crippen molar-refractivity contribution in [2.75, 3.05) is 13.2 Å². The van der Waals surface area contributed by atoms with Crippen molar-refractivity contribution in [2.24, 2.45) is 11.8 Å². The molecule has 64 heavy (non-hydrogen) atoms. The third-order valence-electron chi connectivity index (χ3n) is 11.8. The molecule has 2 rings (SSSR count). The number of carbonyl (C=O) groups is 3. The average Bonchev–Trinajstić information content (AvgIpc) is 3.26. The summed E-state index contributed by atoms with van der Waals surface area (Å²) in [5.74, 6) is -5.16. The zero-order valence-corrected chi connectivity index (χ0v) is 39.2. The average molecular weight is 933 g/mol. The molecule has 1 heterocycles. The molecular weight excluding hydrogens is 851 g/mol. The number of Topliss-reactive ketones (excluding diaryl/α,β-unsaturated/α-hetero) is 1. The summed E-state index contributed by atoms with van der Waals surface area (Å²) in [5, 5.41) is 78.5. The maximum atomic E-state index is 13.7. The molecule has 0 aromatic carbocycles. The lowest BCUT2D eigenvalue weighted by Gasteiger charge is -2.36. The molecule has 2 aliphatic rings. The molecule has 0 saturated heterocycles. The summed E-state index contributed by atoms with van der Waals surface area (Å²) >= 11 is 0. The second-order valence-corrected chi connectivity index (χ2v) is 18.8. The van der Waals surface area contributed by atoms with E-state index in [9.17, 15) is 59.6 Å². The van der Waals surface area contributed by atoms with Crippen molar-refractivity contribution in [1.29, 1.82) is 0 Å². The van der Waals surface area contributed by atoms with Gasteiger partial charge in [0.25, 0.3) is 0 Å². The fourth-order valence-electron chi connectivity index (χ4n) is 7.82. The summed E-state index contributed by atoms with van der Waals surface area (Å²) in [7, 11) is -5.46. The van der Waals surface area contributed by atoms with Crippen LogP contribution in [-0.2, 0) is 37.5 Å². The van der Waals surface area contributed by atoms with Crippen molar-refractivity contribution >= 4 is 25.5 Å². The number of fused-ring (bicyclic) bond motifs is 4. The highest BCUT2D eigenvalue weighted by molar-refractivity contribution is 7.47. The van der Waals surface area contributed by atoms with Crippen LogP contribution >= 0.6 is 7.82 Å². The van der Waals surface area contributed by atoms with Gasteiger partial charge in [0, 0.05) is 25.2 Å². The SMILES string of the molecule is CCCCCC/C=C\CCCCCCCCCC(=O)O[C@@H]1COC(=O)CCC/C=C\C[C@@H]2[C@@H](O)[C@H](O)[C@@H](O)[C@H](OP(=O)(O)OC1)[C@H](O)[C@H](O)[C@@H](/C=C/[C@@H](O)CCCCC)C(=O)C[C@@H]2O.